The highest BCUT2D eigenvalue weighted by Gasteiger charge is 2.20. The molecule has 1 aliphatic carbocycles. The summed E-state index contributed by atoms with van der Waals surface area (Å²) >= 11 is 1.78. The summed E-state index contributed by atoms with van der Waals surface area (Å²) in [5.74, 6) is 0.804. The lowest BCUT2D eigenvalue weighted by Crippen LogP contribution is -2.13. The third kappa shape index (κ3) is 2.47. The van der Waals surface area contributed by atoms with Gasteiger partial charge in [-0.3, -0.25) is 0 Å². The van der Waals surface area contributed by atoms with Crippen molar-refractivity contribution in [3.8, 4) is 0 Å². The first-order valence-electron chi connectivity index (χ1n) is 7.21. The fourth-order valence-electron chi connectivity index (χ4n) is 2.78. The zero-order valence-electron chi connectivity index (χ0n) is 11.4. The lowest BCUT2D eigenvalue weighted by Gasteiger charge is -2.26. The van der Waals surface area contributed by atoms with E-state index >= 15 is 0 Å². The molecule has 0 amide bonds. The first-order chi connectivity index (χ1) is 9.29. The van der Waals surface area contributed by atoms with Gasteiger partial charge in [0.15, 0.2) is 0 Å². The first-order valence-corrected chi connectivity index (χ1v) is 8.09. The van der Waals surface area contributed by atoms with Crippen LogP contribution in [-0.2, 0) is 6.42 Å². The van der Waals surface area contributed by atoms with Crippen LogP contribution < -0.4 is 5.73 Å². The summed E-state index contributed by atoms with van der Waals surface area (Å²) in [4.78, 5) is 1.32. The van der Waals surface area contributed by atoms with Crippen LogP contribution in [0.5, 0.6) is 0 Å². The summed E-state index contributed by atoms with van der Waals surface area (Å²) in [6.45, 7) is 2.19. The van der Waals surface area contributed by atoms with Gasteiger partial charge in [0.2, 0.25) is 0 Å². The average Bonchev–Trinajstić information content (AvgIpc) is 2.85. The maximum absolute atomic E-state index is 6.42. The van der Waals surface area contributed by atoms with Crippen LogP contribution in [0.3, 0.4) is 0 Å². The SMILES string of the molecule is CCc1ccsc1C(N)c1ccc(C2CCC2)cc1. The van der Waals surface area contributed by atoms with Crippen molar-refractivity contribution in [1.82, 2.24) is 0 Å². The zero-order chi connectivity index (χ0) is 13.2. The van der Waals surface area contributed by atoms with Gasteiger partial charge in [-0.05, 0) is 53.3 Å². The molecule has 0 saturated heterocycles. The van der Waals surface area contributed by atoms with Crippen molar-refractivity contribution in [3.63, 3.8) is 0 Å². The van der Waals surface area contributed by atoms with Gasteiger partial charge in [0.25, 0.3) is 0 Å². The van der Waals surface area contributed by atoms with E-state index in [1.54, 1.807) is 11.3 Å². The molecule has 2 N–H and O–H groups in total. The molecule has 1 aliphatic rings. The van der Waals surface area contributed by atoms with Crippen LogP contribution in [0.4, 0.5) is 0 Å². The molecule has 19 heavy (non-hydrogen) atoms. The van der Waals surface area contributed by atoms with Crippen LogP contribution >= 0.6 is 11.3 Å². The highest BCUT2D eigenvalue weighted by atomic mass is 32.1. The lowest BCUT2D eigenvalue weighted by atomic mass is 9.80. The molecule has 1 aromatic heterocycles. The molecule has 1 fully saturated rings. The van der Waals surface area contributed by atoms with Gasteiger partial charge < -0.3 is 5.73 Å². The Morgan fingerprint density at radius 2 is 1.95 bits per heavy atom. The fraction of sp³-hybridized carbons (Fsp3) is 0.412. The maximum Gasteiger partial charge on any atom is 0.0648 e. The number of hydrogen-bond acceptors (Lipinski definition) is 2. The molecular weight excluding hydrogens is 250 g/mol. The summed E-state index contributed by atoms with van der Waals surface area (Å²) in [6.07, 6.45) is 5.17. The van der Waals surface area contributed by atoms with E-state index in [-0.39, 0.29) is 6.04 Å². The molecule has 1 nitrogen and oxygen atoms in total. The minimum atomic E-state index is 0.0328. The average molecular weight is 271 g/mol. The summed E-state index contributed by atoms with van der Waals surface area (Å²) in [7, 11) is 0. The number of benzene rings is 1. The zero-order valence-corrected chi connectivity index (χ0v) is 12.2. The van der Waals surface area contributed by atoms with E-state index in [0.29, 0.717) is 0 Å². The molecule has 1 heterocycles. The molecule has 0 bridgehead atoms. The van der Waals surface area contributed by atoms with Gasteiger partial charge in [0.05, 0.1) is 6.04 Å². The Kier molecular flexibility index (Phi) is 3.72. The van der Waals surface area contributed by atoms with Crippen molar-refractivity contribution in [2.45, 2.75) is 44.6 Å². The number of nitrogens with two attached hydrogens (primary N) is 1. The van der Waals surface area contributed by atoms with Crippen LogP contribution in [-0.4, -0.2) is 0 Å². The Balaban J connectivity index is 1.81. The minimum Gasteiger partial charge on any atom is -0.320 e. The second-order valence-electron chi connectivity index (χ2n) is 5.44. The monoisotopic (exact) mass is 271 g/mol. The van der Waals surface area contributed by atoms with Crippen molar-refractivity contribution in [3.05, 3.63) is 57.3 Å². The highest BCUT2D eigenvalue weighted by molar-refractivity contribution is 7.10. The van der Waals surface area contributed by atoms with Crippen LogP contribution in [0.25, 0.3) is 0 Å². The number of aryl methyl sites for hydroxylation is 1. The van der Waals surface area contributed by atoms with Gasteiger partial charge in [0, 0.05) is 4.88 Å². The van der Waals surface area contributed by atoms with E-state index in [1.165, 1.54) is 40.8 Å². The normalized spacial score (nSPS) is 17.2. The molecule has 100 valence electrons. The first kappa shape index (κ1) is 12.9. The summed E-state index contributed by atoms with van der Waals surface area (Å²) in [5, 5.41) is 2.15. The molecule has 3 rings (SSSR count). The quantitative estimate of drug-likeness (QED) is 0.862. The molecule has 1 aromatic carbocycles. The van der Waals surface area contributed by atoms with E-state index in [2.05, 4.69) is 42.6 Å². The van der Waals surface area contributed by atoms with Crippen molar-refractivity contribution in [2.75, 3.05) is 0 Å². The molecule has 2 heteroatoms. The Hall–Kier alpha value is -1.12. The van der Waals surface area contributed by atoms with E-state index < -0.39 is 0 Å². The Morgan fingerprint density at radius 3 is 2.53 bits per heavy atom. The van der Waals surface area contributed by atoms with Crippen molar-refractivity contribution in [1.29, 1.82) is 0 Å². The van der Waals surface area contributed by atoms with Gasteiger partial charge in [-0.1, -0.05) is 37.6 Å². The van der Waals surface area contributed by atoms with Crippen LogP contribution in [0.1, 0.15) is 59.7 Å². The van der Waals surface area contributed by atoms with E-state index in [4.69, 9.17) is 5.73 Å². The molecule has 1 atom stereocenters. The van der Waals surface area contributed by atoms with Crippen LogP contribution in [0.15, 0.2) is 35.7 Å². The summed E-state index contributed by atoms with van der Waals surface area (Å²) in [6, 6.07) is 11.2. The Morgan fingerprint density at radius 1 is 1.21 bits per heavy atom. The number of hydrogen-bond donors (Lipinski definition) is 1. The van der Waals surface area contributed by atoms with E-state index in [1.807, 2.05) is 0 Å². The highest BCUT2D eigenvalue weighted by Crippen LogP contribution is 2.37. The Labute approximate surface area is 119 Å². The lowest BCUT2D eigenvalue weighted by molar-refractivity contribution is 0.419. The molecular formula is C17H21NS. The van der Waals surface area contributed by atoms with Gasteiger partial charge in [-0.2, -0.15) is 0 Å². The van der Waals surface area contributed by atoms with Crippen LogP contribution in [0, 0.1) is 0 Å². The Bertz CT molecular complexity index is 537. The van der Waals surface area contributed by atoms with E-state index in [0.717, 1.165) is 12.3 Å². The number of rotatable bonds is 4. The minimum absolute atomic E-state index is 0.0328. The maximum atomic E-state index is 6.42. The van der Waals surface area contributed by atoms with Gasteiger partial charge in [-0.25, -0.2) is 0 Å². The van der Waals surface area contributed by atoms with Crippen LogP contribution in [0.2, 0.25) is 0 Å². The summed E-state index contributed by atoms with van der Waals surface area (Å²) < 4.78 is 0. The third-order valence-electron chi connectivity index (χ3n) is 4.32. The van der Waals surface area contributed by atoms with Crippen molar-refractivity contribution in [2.24, 2.45) is 5.73 Å². The van der Waals surface area contributed by atoms with Gasteiger partial charge >= 0.3 is 0 Å². The molecule has 2 aromatic rings. The second-order valence-corrected chi connectivity index (χ2v) is 6.38. The largest absolute Gasteiger partial charge is 0.320 e. The predicted octanol–water partition coefficient (Wildman–Crippen LogP) is 4.63. The molecule has 0 radical (unpaired) electrons. The second kappa shape index (κ2) is 5.48. The third-order valence-corrected chi connectivity index (χ3v) is 5.36. The predicted molar refractivity (Wildman–Crippen MR) is 82.8 cm³/mol. The summed E-state index contributed by atoms with van der Waals surface area (Å²) in [5.41, 5.74) is 10.5. The van der Waals surface area contributed by atoms with E-state index in [9.17, 15) is 0 Å². The molecule has 0 aliphatic heterocycles. The van der Waals surface area contributed by atoms with Gasteiger partial charge in [-0.15, -0.1) is 11.3 Å². The smallest absolute Gasteiger partial charge is 0.0648 e. The molecule has 0 spiro atoms. The molecule has 1 unspecified atom stereocenters. The topological polar surface area (TPSA) is 26.0 Å². The fourth-order valence-corrected chi connectivity index (χ4v) is 3.81. The molecule has 1 saturated carbocycles. The number of thiophene rings is 1. The van der Waals surface area contributed by atoms with Gasteiger partial charge in [0.1, 0.15) is 0 Å². The van der Waals surface area contributed by atoms with Crippen molar-refractivity contribution >= 4 is 11.3 Å². The van der Waals surface area contributed by atoms with Crippen molar-refractivity contribution < 1.29 is 0 Å². The standard InChI is InChI=1S/C17H21NS/c1-2-12-10-11-19-17(12)16(18)15-8-6-14(7-9-15)13-4-3-5-13/h6-11,13,16H,2-5,18H2,1H3.